The molecule has 2 aromatic carbocycles. The summed E-state index contributed by atoms with van der Waals surface area (Å²) in [6.07, 6.45) is 2.88. The van der Waals surface area contributed by atoms with E-state index in [0.717, 1.165) is 24.0 Å². The molecule has 35 heavy (non-hydrogen) atoms. The summed E-state index contributed by atoms with van der Waals surface area (Å²) in [5, 5.41) is 15.1. The molecule has 0 aliphatic heterocycles. The van der Waals surface area contributed by atoms with Crippen molar-refractivity contribution in [2.45, 2.75) is 64.0 Å². The lowest BCUT2D eigenvalue weighted by Crippen LogP contribution is -2.49. The number of hydrogen-bond acceptors (Lipinski definition) is 4. The van der Waals surface area contributed by atoms with Gasteiger partial charge in [0, 0.05) is 17.9 Å². The quantitative estimate of drug-likeness (QED) is 0.510. The fourth-order valence-electron chi connectivity index (χ4n) is 5.32. The molecule has 0 bridgehead atoms. The molecular formula is C28H34N2O5. The van der Waals surface area contributed by atoms with Gasteiger partial charge in [-0.25, -0.2) is 9.59 Å². The Morgan fingerprint density at radius 3 is 2.26 bits per heavy atom. The molecule has 0 saturated heterocycles. The first kappa shape index (κ1) is 24.8. The fourth-order valence-corrected chi connectivity index (χ4v) is 5.32. The maximum absolute atomic E-state index is 12.8. The maximum Gasteiger partial charge on any atom is 0.407 e. The summed E-state index contributed by atoms with van der Waals surface area (Å²) in [5.74, 6) is -1.76. The zero-order valence-electron chi connectivity index (χ0n) is 20.3. The fraction of sp³-hybridized carbons (Fsp3) is 0.464. The zero-order valence-corrected chi connectivity index (χ0v) is 20.3. The van der Waals surface area contributed by atoms with Gasteiger partial charge in [-0.15, -0.1) is 0 Å². The molecule has 1 saturated carbocycles. The number of carboxylic acids is 1. The predicted octanol–water partition coefficient (Wildman–Crippen LogP) is 4.70. The molecule has 2 unspecified atom stereocenters. The van der Waals surface area contributed by atoms with E-state index in [-0.39, 0.29) is 36.3 Å². The highest BCUT2D eigenvalue weighted by atomic mass is 16.5. The van der Waals surface area contributed by atoms with Crippen molar-refractivity contribution in [1.29, 1.82) is 0 Å². The highest BCUT2D eigenvalue weighted by molar-refractivity contribution is 5.85. The van der Waals surface area contributed by atoms with Crippen LogP contribution < -0.4 is 10.6 Å². The van der Waals surface area contributed by atoms with Gasteiger partial charge < -0.3 is 20.5 Å². The Labute approximate surface area is 206 Å². The summed E-state index contributed by atoms with van der Waals surface area (Å²) >= 11 is 0. The number of aliphatic carboxylic acids is 1. The average Bonchev–Trinajstić information content (AvgIpc) is 3.19. The number of amides is 2. The van der Waals surface area contributed by atoms with Crippen molar-refractivity contribution in [3.05, 3.63) is 59.7 Å². The molecule has 4 rings (SSSR count). The van der Waals surface area contributed by atoms with Crippen LogP contribution in [0.5, 0.6) is 0 Å². The molecule has 0 aromatic heterocycles. The van der Waals surface area contributed by atoms with Crippen molar-refractivity contribution in [3.8, 4) is 11.1 Å². The third-order valence-corrected chi connectivity index (χ3v) is 7.49. The van der Waals surface area contributed by atoms with E-state index >= 15 is 0 Å². The maximum atomic E-state index is 12.8. The van der Waals surface area contributed by atoms with Gasteiger partial charge in [-0.1, -0.05) is 75.2 Å². The molecule has 2 amide bonds. The number of nitrogens with one attached hydrogen (secondary N) is 2. The average molecular weight is 479 g/mol. The van der Waals surface area contributed by atoms with Gasteiger partial charge in [0.15, 0.2) is 0 Å². The molecular weight excluding hydrogens is 444 g/mol. The second kappa shape index (κ2) is 10.9. The molecule has 0 heterocycles. The molecule has 186 valence electrons. The van der Waals surface area contributed by atoms with Gasteiger partial charge >= 0.3 is 12.1 Å². The molecule has 2 aliphatic rings. The number of rotatable bonds is 8. The van der Waals surface area contributed by atoms with E-state index in [1.165, 1.54) is 11.1 Å². The molecule has 2 aromatic rings. The largest absolute Gasteiger partial charge is 0.480 e. The Kier molecular flexibility index (Phi) is 7.73. The van der Waals surface area contributed by atoms with Gasteiger partial charge in [-0.2, -0.15) is 0 Å². The smallest absolute Gasteiger partial charge is 0.407 e. The highest BCUT2D eigenvalue weighted by Crippen LogP contribution is 2.44. The molecule has 1 fully saturated rings. The summed E-state index contributed by atoms with van der Waals surface area (Å²) in [6.45, 7) is 3.97. The van der Waals surface area contributed by atoms with Gasteiger partial charge in [-0.3, -0.25) is 4.79 Å². The van der Waals surface area contributed by atoms with Crippen LogP contribution in [0.25, 0.3) is 11.1 Å². The minimum atomic E-state index is -1.02. The standard InChI is InChI=1S/C28H34N2O5/c1-3-17(2)25(27(32)33)30-26(31)18-9-8-10-19(15-18)29-28(34)35-16-24-22-13-6-4-11-20(22)21-12-5-7-14-23(21)24/h4-7,11-14,17-19,24-25H,3,8-10,15-16H2,1-2H3,(H,29,34)(H,30,31)(H,32,33)/t17-,18?,19?,25-/m0/s1. The van der Waals surface area contributed by atoms with Crippen molar-refractivity contribution in [2.24, 2.45) is 11.8 Å². The predicted molar refractivity (Wildman–Crippen MR) is 133 cm³/mol. The Bertz CT molecular complexity index is 1040. The highest BCUT2D eigenvalue weighted by Gasteiger charge is 2.33. The van der Waals surface area contributed by atoms with E-state index in [4.69, 9.17) is 4.74 Å². The van der Waals surface area contributed by atoms with Gasteiger partial charge in [0.2, 0.25) is 5.91 Å². The summed E-state index contributed by atoms with van der Waals surface area (Å²) < 4.78 is 5.65. The van der Waals surface area contributed by atoms with Gasteiger partial charge in [0.05, 0.1) is 0 Å². The number of fused-ring (bicyclic) bond motifs is 3. The van der Waals surface area contributed by atoms with Crippen molar-refractivity contribution >= 4 is 18.0 Å². The van der Waals surface area contributed by atoms with Crippen LogP contribution in [0.1, 0.15) is 63.0 Å². The summed E-state index contributed by atoms with van der Waals surface area (Å²) in [5.41, 5.74) is 4.67. The van der Waals surface area contributed by atoms with Crippen molar-refractivity contribution in [2.75, 3.05) is 6.61 Å². The number of ether oxygens (including phenoxy) is 1. The Morgan fingerprint density at radius 2 is 1.66 bits per heavy atom. The Hall–Kier alpha value is -3.35. The van der Waals surface area contributed by atoms with E-state index in [0.29, 0.717) is 19.3 Å². The van der Waals surface area contributed by atoms with Crippen LogP contribution in [0.15, 0.2) is 48.5 Å². The molecule has 7 nitrogen and oxygen atoms in total. The number of hydrogen-bond donors (Lipinski definition) is 3. The Morgan fingerprint density at radius 1 is 1.03 bits per heavy atom. The third-order valence-electron chi connectivity index (χ3n) is 7.49. The van der Waals surface area contributed by atoms with Crippen LogP contribution >= 0.6 is 0 Å². The molecule has 2 aliphatic carbocycles. The molecule has 4 atom stereocenters. The topological polar surface area (TPSA) is 105 Å². The van der Waals surface area contributed by atoms with E-state index in [9.17, 15) is 19.5 Å². The van der Waals surface area contributed by atoms with Crippen molar-refractivity contribution < 1.29 is 24.2 Å². The summed E-state index contributed by atoms with van der Waals surface area (Å²) in [4.78, 5) is 37.0. The van der Waals surface area contributed by atoms with E-state index in [1.54, 1.807) is 0 Å². The van der Waals surface area contributed by atoms with Crippen LogP contribution in [0, 0.1) is 11.8 Å². The number of alkyl carbamates (subject to hydrolysis) is 1. The third kappa shape index (κ3) is 5.50. The molecule has 3 N–H and O–H groups in total. The minimum absolute atomic E-state index is 0.00783. The van der Waals surface area contributed by atoms with Gasteiger partial charge in [-0.05, 0) is 47.4 Å². The van der Waals surface area contributed by atoms with Gasteiger partial charge in [0.25, 0.3) is 0 Å². The van der Waals surface area contributed by atoms with E-state index in [1.807, 2.05) is 38.1 Å². The lowest BCUT2D eigenvalue weighted by Gasteiger charge is -2.30. The zero-order chi connectivity index (χ0) is 24.9. The number of carbonyl (C=O) groups excluding carboxylic acids is 2. The molecule has 7 heteroatoms. The van der Waals surface area contributed by atoms with Gasteiger partial charge in [0.1, 0.15) is 12.6 Å². The number of carbonyl (C=O) groups is 3. The Balaban J connectivity index is 1.32. The second-order valence-corrected chi connectivity index (χ2v) is 9.74. The van der Waals surface area contributed by atoms with E-state index < -0.39 is 18.1 Å². The monoisotopic (exact) mass is 478 g/mol. The number of benzene rings is 2. The van der Waals surface area contributed by atoms with Crippen LogP contribution in [-0.2, 0) is 14.3 Å². The van der Waals surface area contributed by atoms with Crippen molar-refractivity contribution in [1.82, 2.24) is 10.6 Å². The van der Waals surface area contributed by atoms with Crippen LogP contribution in [0.2, 0.25) is 0 Å². The van der Waals surface area contributed by atoms with Crippen LogP contribution in [0.4, 0.5) is 4.79 Å². The first-order valence-electron chi connectivity index (χ1n) is 12.5. The lowest BCUT2D eigenvalue weighted by molar-refractivity contribution is -0.144. The van der Waals surface area contributed by atoms with Crippen LogP contribution in [0.3, 0.4) is 0 Å². The minimum Gasteiger partial charge on any atom is -0.480 e. The number of carboxylic acid groups (broad SMARTS) is 1. The summed E-state index contributed by atoms with van der Waals surface area (Å²) in [6, 6.07) is 15.3. The molecule has 0 radical (unpaired) electrons. The van der Waals surface area contributed by atoms with Crippen molar-refractivity contribution in [3.63, 3.8) is 0 Å². The first-order chi connectivity index (χ1) is 16.9. The molecule has 0 spiro atoms. The first-order valence-corrected chi connectivity index (χ1v) is 12.5. The van der Waals surface area contributed by atoms with Crippen LogP contribution in [-0.4, -0.2) is 41.8 Å². The SMILES string of the molecule is CC[C@H](C)[C@H](NC(=O)C1CCCC(NC(=O)OCC2c3ccccc3-c3ccccc32)C1)C(=O)O. The normalized spacial score (nSPS) is 20.7. The van der Waals surface area contributed by atoms with E-state index in [2.05, 4.69) is 34.9 Å². The summed E-state index contributed by atoms with van der Waals surface area (Å²) in [7, 11) is 0. The lowest BCUT2D eigenvalue weighted by atomic mass is 9.84. The second-order valence-electron chi connectivity index (χ2n) is 9.74.